The summed E-state index contributed by atoms with van der Waals surface area (Å²) in [6, 6.07) is 24.0. The van der Waals surface area contributed by atoms with E-state index in [4.69, 9.17) is 11.6 Å². The lowest BCUT2D eigenvalue weighted by atomic mass is 9.92. The predicted molar refractivity (Wildman–Crippen MR) is 119 cm³/mol. The van der Waals surface area contributed by atoms with Gasteiger partial charge in [-0.05, 0) is 17.2 Å². The van der Waals surface area contributed by atoms with Crippen molar-refractivity contribution in [3.8, 4) is 23.0 Å². The van der Waals surface area contributed by atoms with Crippen LogP contribution in [0.3, 0.4) is 0 Å². The van der Waals surface area contributed by atoms with E-state index >= 15 is 0 Å². The molecule has 0 amide bonds. The Labute approximate surface area is 190 Å². The Morgan fingerprint density at radius 2 is 1.40 bits per heavy atom. The monoisotopic (exact) mass is 437 g/mol. The van der Waals surface area contributed by atoms with Crippen molar-refractivity contribution < 1.29 is 22.0 Å². The number of hydrogen-bond acceptors (Lipinski definition) is 1. The van der Waals surface area contributed by atoms with Crippen molar-refractivity contribution in [3.05, 3.63) is 94.5 Å². The van der Waals surface area contributed by atoms with Crippen LogP contribution in [0.25, 0.3) is 11.1 Å². The van der Waals surface area contributed by atoms with E-state index in [0.717, 1.165) is 50.4 Å². The molecule has 0 saturated heterocycles. The molecule has 3 aromatic carbocycles. The number of benzene rings is 3. The van der Waals surface area contributed by atoms with Crippen molar-refractivity contribution in [2.75, 3.05) is 20.6 Å². The molecule has 4 rings (SSSR count). The van der Waals surface area contributed by atoms with E-state index in [1.165, 1.54) is 0 Å². The summed E-state index contributed by atoms with van der Waals surface area (Å²) >= 11 is 6.32. The fraction of sp³-hybridized carbons (Fsp3) is 0.231. The van der Waals surface area contributed by atoms with Crippen LogP contribution in [0.5, 0.6) is 0 Å². The summed E-state index contributed by atoms with van der Waals surface area (Å²) in [7, 11) is 4.36. The first-order chi connectivity index (χ1) is 13.9. The minimum absolute atomic E-state index is 0. The molecule has 0 bridgehead atoms. The molecule has 154 valence electrons. The van der Waals surface area contributed by atoms with Crippen molar-refractivity contribution in [1.29, 1.82) is 0 Å². The molecule has 0 unspecified atom stereocenters. The normalized spacial score (nSPS) is 13.5. The van der Waals surface area contributed by atoms with Crippen molar-refractivity contribution in [1.82, 2.24) is 0 Å². The molecule has 0 heterocycles. The number of fused-ring (bicyclic) bond motifs is 3. The van der Waals surface area contributed by atoms with Crippen LogP contribution in [0.4, 0.5) is 0 Å². The molecule has 0 spiro atoms. The van der Waals surface area contributed by atoms with E-state index < -0.39 is 5.60 Å². The van der Waals surface area contributed by atoms with Crippen LogP contribution in [0, 0.1) is 11.8 Å². The van der Waals surface area contributed by atoms with Gasteiger partial charge in [-0.2, -0.15) is 0 Å². The zero-order valence-electron chi connectivity index (χ0n) is 17.2. The van der Waals surface area contributed by atoms with Gasteiger partial charge in [0, 0.05) is 21.7 Å². The summed E-state index contributed by atoms with van der Waals surface area (Å²) in [4.78, 5) is 0. The maximum Gasteiger partial charge on any atom is 0.178 e. The van der Waals surface area contributed by atoms with E-state index in [2.05, 4.69) is 44.1 Å². The lowest BCUT2D eigenvalue weighted by Gasteiger charge is -2.29. The van der Waals surface area contributed by atoms with Crippen molar-refractivity contribution in [2.45, 2.75) is 18.6 Å². The highest BCUT2D eigenvalue weighted by molar-refractivity contribution is 6.31. The topological polar surface area (TPSA) is 20.2 Å². The molecule has 0 radical (unpaired) electrons. The zero-order valence-corrected chi connectivity index (χ0v) is 18.7. The van der Waals surface area contributed by atoms with Gasteiger partial charge in [0.05, 0.1) is 27.1 Å². The fourth-order valence-electron chi connectivity index (χ4n) is 4.06. The van der Waals surface area contributed by atoms with E-state index in [1.54, 1.807) is 0 Å². The number of nitrogens with zero attached hydrogens (tertiary/aromatic N) is 1. The second-order valence-corrected chi connectivity index (χ2v) is 8.67. The molecular weight excluding hydrogens is 413 g/mol. The summed E-state index contributed by atoms with van der Waals surface area (Å²) < 4.78 is 0.782. The van der Waals surface area contributed by atoms with Crippen molar-refractivity contribution in [2.24, 2.45) is 0 Å². The van der Waals surface area contributed by atoms with Crippen LogP contribution >= 0.6 is 11.6 Å². The quantitative estimate of drug-likeness (QED) is 0.490. The van der Waals surface area contributed by atoms with Gasteiger partial charge in [-0.1, -0.05) is 90.2 Å². The van der Waals surface area contributed by atoms with Crippen LogP contribution in [0.2, 0.25) is 5.02 Å². The van der Waals surface area contributed by atoms with E-state index in [1.807, 2.05) is 54.6 Å². The Hall–Kier alpha value is -2.28. The van der Waals surface area contributed by atoms with Crippen LogP contribution in [-0.2, 0) is 12.1 Å². The molecule has 0 saturated carbocycles. The van der Waals surface area contributed by atoms with Gasteiger partial charge in [-0.15, -0.1) is 0 Å². The van der Waals surface area contributed by atoms with Crippen LogP contribution in [0.15, 0.2) is 72.8 Å². The number of rotatable bonds is 4. The Morgan fingerprint density at radius 3 is 2.00 bits per heavy atom. The number of quaternary nitrogens is 1. The highest BCUT2D eigenvalue weighted by Crippen LogP contribution is 2.46. The third-order valence-electron chi connectivity index (χ3n) is 5.59. The molecule has 0 fully saturated rings. The first-order valence-corrected chi connectivity index (χ1v) is 10.3. The lowest BCUT2D eigenvalue weighted by Crippen LogP contribution is -3.00. The molecule has 3 aromatic rings. The van der Waals surface area contributed by atoms with E-state index in [0.29, 0.717) is 6.42 Å². The average Bonchev–Trinajstić information content (AvgIpc) is 2.97. The third-order valence-corrected chi connectivity index (χ3v) is 5.96. The smallest absolute Gasteiger partial charge is 0.178 e. The molecule has 0 aliphatic heterocycles. The SMILES string of the molecule is C[N+](C)(CCC#CC1(O)c2ccccc2-c2ccccc21)Cc1ccccc1Cl.[Cl-]. The highest BCUT2D eigenvalue weighted by atomic mass is 35.5. The number of halogens is 2. The van der Waals surface area contributed by atoms with Crippen LogP contribution in [-0.4, -0.2) is 30.2 Å². The summed E-state index contributed by atoms with van der Waals surface area (Å²) in [5.41, 5.74) is 3.78. The summed E-state index contributed by atoms with van der Waals surface area (Å²) in [5.74, 6) is 6.45. The van der Waals surface area contributed by atoms with Gasteiger partial charge in [0.15, 0.2) is 5.60 Å². The second kappa shape index (κ2) is 8.84. The molecular formula is C26H25Cl2NO. The Kier molecular flexibility index (Phi) is 6.60. The Balaban J connectivity index is 0.00000256. The first kappa shape index (κ1) is 22.4. The standard InChI is InChI=1S/C26H25ClNO.ClH/c1-28(2,19-20-11-3-8-16-25(20)27)18-10-9-17-26(29)23-14-6-4-12-21(23)22-13-5-7-15-24(22)26;/h3-8,11-16,29H,10,18-19H2,1-2H3;1H/q+1;/p-1. The molecule has 1 aliphatic rings. The molecule has 0 aromatic heterocycles. The fourth-order valence-corrected chi connectivity index (χ4v) is 4.26. The van der Waals surface area contributed by atoms with Gasteiger partial charge < -0.3 is 22.0 Å². The Bertz CT molecular complexity index is 1070. The molecule has 0 atom stereocenters. The average molecular weight is 438 g/mol. The van der Waals surface area contributed by atoms with Crippen LogP contribution < -0.4 is 12.4 Å². The maximum atomic E-state index is 11.5. The minimum atomic E-state index is -1.24. The zero-order chi connectivity index (χ0) is 20.5. The van der Waals surface area contributed by atoms with Gasteiger partial charge in [0.2, 0.25) is 0 Å². The van der Waals surface area contributed by atoms with Crippen molar-refractivity contribution in [3.63, 3.8) is 0 Å². The molecule has 4 heteroatoms. The molecule has 1 aliphatic carbocycles. The van der Waals surface area contributed by atoms with E-state index in [9.17, 15) is 5.11 Å². The highest BCUT2D eigenvalue weighted by Gasteiger charge is 2.39. The Morgan fingerprint density at radius 1 is 0.867 bits per heavy atom. The first-order valence-electron chi connectivity index (χ1n) is 9.88. The minimum Gasteiger partial charge on any atom is -1.00 e. The summed E-state index contributed by atoms with van der Waals surface area (Å²) in [5, 5.41) is 12.3. The van der Waals surface area contributed by atoms with Gasteiger partial charge in [0.1, 0.15) is 6.54 Å². The van der Waals surface area contributed by atoms with Gasteiger partial charge in [0.25, 0.3) is 0 Å². The van der Waals surface area contributed by atoms with Gasteiger partial charge >= 0.3 is 0 Å². The van der Waals surface area contributed by atoms with Gasteiger partial charge in [-0.25, -0.2) is 0 Å². The van der Waals surface area contributed by atoms with Gasteiger partial charge in [-0.3, -0.25) is 0 Å². The summed E-state index contributed by atoms with van der Waals surface area (Å²) in [6.07, 6.45) is 0.699. The third kappa shape index (κ3) is 4.26. The van der Waals surface area contributed by atoms with Crippen LogP contribution in [0.1, 0.15) is 23.1 Å². The second-order valence-electron chi connectivity index (χ2n) is 8.26. The summed E-state index contributed by atoms with van der Waals surface area (Å²) in [6.45, 7) is 1.72. The lowest BCUT2D eigenvalue weighted by molar-refractivity contribution is -0.903. The number of hydrogen-bond donors (Lipinski definition) is 1. The molecule has 1 N–H and O–H groups in total. The molecule has 2 nitrogen and oxygen atoms in total. The van der Waals surface area contributed by atoms with Crippen molar-refractivity contribution >= 4 is 11.6 Å². The van der Waals surface area contributed by atoms with E-state index in [-0.39, 0.29) is 12.4 Å². The number of aliphatic hydroxyl groups is 1. The maximum absolute atomic E-state index is 11.5. The predicted octanol–water partition coefficient (Wildman–Crippen LogP) is 2.23. The molecule has 30 heavy (non-hydrogen) atoms. The largest absolute Gasteiger partial charge is 1.00 e.